The fraction of sp³-hybridized carbons (Fsp3) is 0.562. The lowest BCUT2D eigenvalue weighted by molar-refractivity contribution is -0.384. The minimum atomic E-state index is -0.494. The van der Waals surface area contributed by atoms with Crippen LogP contribution in [0.1, 0.15) is 48.0 Å². The van der Waals surface area contributed by atoms with Gasteiger partial charge in [0, 0.05) is 36.3 Å². The lowest BCUT2D eigenvalue weighted by Crippen LogP contribution is -2.41. The van der Waals surface area contributed by atoms with E-state index in [4.69, 9.17) is 0 Å². The van der Waals surface area contributed by atoms with Crippen LogP contribution in [0.25, 0.3) is 0 Å². The maximum Gasteiger partial charge on any atom is 0.270 e. The monoisotopic (exact) mass is 306 g/mol. The quantitative estimate of drug-likeness (QED) is 0.508. The second-order valence-corrected chi connectivity index (χ2v) is 5.97. The number of nitro benzene ring substituents is 1. The number of non-ortho nitro benzene ring substituents is 1. The van der Waals surface area contributed by atoms with Gasteiger partial charge in [0.25, 0.3) is 11.6 Å². The number of rotatable bonds is 4. The van der Waals surface area contributed by atoms with Crippen LogP contribution in [-0.2, 0) is 0 Å². The summed E-state index contributed by atoms with van der Waals surface area (Å²) in [7, 11) is 0. The van der Waals surface area contributed by atoms with Gasteiger partial charge in [-0.15, -0.1) is 0 Å². The molecule has 1 aliphatic rings. The van der Waals surface area contributed by atoms with E-state index in [1.807, 2.05) is 0 Å². The van der Waals surface area contributed by atoms with E-state index in [9.17, 15) is 20.0 Å². The van der Waals surface area contributed by atoms with Crippen LogP contribution in [-0.4, -0.2) is 28.6 Å². The highest BCUT2D eigenvalue weighted by Crippen LogP contribution is 2.24. The first-order valence-electron chi connectivity index (χ1n) is 7.69. The lowest BCUT2D eigenvalue weighted by atomic mass is 9.95. The van der Waals surface area contributed by atoms with Crippen LogP contribution >= 0.6 is 0 Å². The van der Waals surface area contributed by atoms with Gasteiger partial charge in [0.2, 0.25) is 0 Å². The normalized spacial score (nSPS) is 21.9. The molecule has 0 spiro atoms. The van der Waals surface area contributed by atoms with Gasteiger partial charge in [-0.05, 0) is 31.4 Å². The number of carbonyl (C=O) groups excluding carboxylic acids is 1. The second kappa shape index (κ2) is 7.35. The largest absolute Gasteiger partial charge is 0.396 e. The van der Waals surface area contributed by atoms with E-state index in [-0.39, 0.29) is 30.2 Å². The van der Waals surface area contributed by atoms with Crippen molar-refractivity contribution in [3.05, 3.63) is 39.4 Å². The molecular weight excluding hydrogens is 284 g/mol. The number of nitro groups is 1. The third-order valence-corrected chi connectivity index (χ3v) is 4.25. The van der Waals surface area contributed by atoms with E-state index < -0.39 is 4.92 Å². The van der Waals surface area contributed by atoms with Gasteiger partial charge in [-0.2, -0.15) is 0 Å². The van der Waals surface area contributed by atoms with Crippen molar-refractivity contribution < 1.29 is 14.8 Å². The molecule has 120 valence electrons. The Morgan fingerprint density at radius 1 is 1.32 bits per heavy atom. The van der Waals surface area contributed by atoms with E-state index in [0.717, 1.165) is 32.1 Å². The average Bonchev–Trinajstić information content (AvgIpc) is 2.71. The Balaban J connectivity index is 2.15. The van der Waals surface area contributed by atoms with Crippen LogP contribution < -0.4 is 5.32 Å². The summed E-state index contributed by atoms with van der Waals surface area (Å²) in [5.74, 6) is -0.247. The van der Waals surface area contributed by atoms with Gasteiger partial charge in [-0.25, -0.2) is 0 Å². The number of benzene rings is 1. The van der Waals surface area contributed by atoms with Crippen LogP contribution in [0.4, 0.5) is 5.69 Å². The number of carbonyl (C=O) groups is 1. The molecule has 1 fully saturated rings. The van der Waals surface area contributed by atoms with Gasteiger partial charge in [0.1, 0.15) is 0 Å². The van der Waals surface area contributed by atoms with Gasteiger partial charge < -0.3 is 10.4 Å². The van der Waals surface area contributed by atoms with Crippen LogP contribution in [0.15, 0.2) is 18.2 Å². The first-order chi connectivity index (χ1) is 10.5. The summed E-state index contributed by atoms with van der Waals surface area (Å²) < 4.78 is 0. The van der Waals surface area contributed by atoms with Gasteiger partial charge in [-0.3, -0.25) is 14.9 Å². The minimum absolute atomic E-state index is 0.0545. The zero-order valence-electron chi connectivity index (χ0n) is 12.7. The number of aliphatic hydroxyl groups excluding tert-OH is 1. The zero-order valence-corrected chi connectivity index (χ0v) is 12.7. The Morgan fingerprint density at radius 3 is 2.73 bits per heavy atom. The number of amides is 1. The Hall–Kier alpha value is -1.95. The van der Waals surface area contributed by atoms with E-state index in [2.05, 4.69) is 5.32 Å². The highest BCUT2D eigenvalue weighted by Gasteiger charge is 2.25. The molecule has 0 radical (unpaired) electrons. The molecule has 1 saturated carbocycles. The topological polar surface area (TPSA) is 92.5 Å². The van der Waals surface area contributed by atoms with Gasteiger partial charge in [0.05, 0.1) is 4.92 Å². The molecule has 2 atom stereocenters. The van der Waals surface area contributed by atoms with E-state index in [0.29, 0.717) is 11.1 Å². The van der Waals surface area contributed by atoms with Crippen LogP contribution in [0.2, 0.25) is 0 Å². The molecule has 1 aromatic carbocycles. The Bertz CT molecular complexity index is 559. The van der Waals surface area contributed by atoms with Gasteiger partial charge in [0.15, 0.2) is 0 Å². The molecule has 0 aliphatic heterocycles. The molecule has 1 aliphatic carbocycles. The SMILES string of the molecule is Cc1cc(C(=O)NC2CCCCCC2CO)cc([N+](=O)[O-])c1. The highest BCUT2D eigenvalue weighted by molar-refractivity contribution is 5.95. The summed E-state index contributed by atoms with van der Waals surface area (Å²) in [6.45, 7) is 1.78. The van der Waals surface area contributed by atoms with Crippen LogP contribution in [0, 0.1) is 23.0 Å². The third kappa shape index (κ3) is 4.04. The van der Waals surface area contributed by atoms with Crippen molar-refractivity contribution in [3.8, 4) is 0 Å². The number of nitrogens with one attached hydrogen (secondary N) is 1. The summed E-state index contributed by atoms with van der Waals surface area (Å²) in [6, 6.07) is 4.32. The number of aryl methyl sites for hydroxylation is 1. The molecule has 1 amide bonds. The number of nitrogens with zero attached hydrogens (tertiary/aromatic N) is 1. The molecular formula is C16H22N2O4. The minimum Gasteiger partial charge on any atom is -0.396 e. The number of hydrogen-bond donors (Lipinski definition) is 2. The van der Waals surface area contributed by atoms with Crippen molar-refractivity contribution in [2.45, 2.75) is 45.1 Å². The lowest BCUT2D eigenvalue weighted by Gasteiger charge is -2.24. The molecule has 22 heavy (non-hydrogen) atoms. The molecule has 0 saturated heterocycles. The molecule has 2 unspecified atom stereocenters. The summed E-state index contributed by atoms with van der Waals surface area (Å²) in [6.07, 6.45) is 4.93. The van der Waals surface area contributed by atoms with Crippen LogP contribution in [0.5, 0.6) is 0 Å². The third-order valence-electron chi connectivity index (χ3n) is 4.25. The smallest absolute Gasteiger partial charge is 0.270 e. The van der Waals surface area contributed by atoms with E-state index in [1.165, 1.54) is 12.1 Å². The molecule has 6 nitrogen and oxygen atoms in total. The average molecular weight is 306 g/mol. The van der Waals surface area contributed by atoms with Gasteiger partial charge in [-0.1, -0.05) is 19.3 Å². The highest BCUT2D eigenvalue weighted by atomic mass is 16.6. The van der Waals surface area contributed by atoms with Gasteiger partial charge >= 0.3 is 0 Å². The summed E-state index contributed by atoms with van der Waals surface area (Å²) >= 11 is 0. The van der Waals surface area contributed by atoms with Crippen molar-refractivity contribution in [1.82, 2.24) is 5.32 Å². The van der Waals surface area contributed by atoms with Crippen molar-refractivity contribution in [3.63, 3.8) is 0 Å². The second-order valence-electron chi connectivity index (χ2n) is 5.97. The standard InChI is InChI=1S/C16H22N2O4/c1-11-7-13(9-14(8-11)18(21)22)16(20)17-15-6-4-2-3-5-12(15)10-19/h7-9,12,15,19H,2-6,10H2,1H3,(H,17,20). The molecule has 1 aromatic rings. The fourth-order valence-corrected chi connectivity index (χ4v) is 3.04. The zero-order chi connectivity index (χ0) is 16.1. The predicted molar refractivity (Wildman–Crippen MR) is 82.7 cm³/mol. The number of aliphatic hydroxyl groups is 1. The summed E-state index contributed by atoms with van der Waals surface area (Å²) in [5, 5.41) is 23.3. The van der Waals surface area contributed by atoms with Crippen molar-refractivity contribution in [2.75, 3.05) is 6.61 Å². The maximum absolute atomic E-state index is 12.4. The maximum atomic E-state index is 12.4. The Kier molecular flexibility index (Phi) is 5.49. The molecule has 2 rings (SSSR count). The molecule has 2 N–H and O–H groups in total. The molecule has 6 heteroatoms. The summed E-state index contributed by atoms with van der Waals surface area (Å²) in [5.41, 5.74) is 0.899. The Labute approximate surface area is 129 Å². The van der Waals surface area contributed by atoms with Crippen molar-refractivity contribution >= 4 is 11.6 Å². The van der Waals surface area contributed by atoms with Crippen LogP contribution in [0.3, 0.4) is 0 Å². The summed E-state index contributed by atoms with van der Waals surface area (Å²) in [4.78, 5) is 22.8. The first kappa shape index (κ1) is 16.4. The van der Waals surface area contributed by atoms with E-state index in [1.54, 1.807) is 13.0 Å². The Morgan fingerprint density at radius 2 is 2.05 bits per heavy atom. The predicted octanol–water partition coefficient (Wildman–Crippen LogP) is 2.57. The first-order valence-corrected chi connectivity index (χ1v) is 7.69. The molecule has 0 bridgehead atoms. The molecule has 0 heterocycles. The fourth-order valence-electron chi connectivity index (χ4n) is 3.04. The number of hydrogen-bond acceptors (Lipinski definition) is 4. The van der Waals surface area contributed by atoms with E-state index >= 15 is 0 Å². The molecule has 0 aromatic heterocycles. The van der Waals surface area contributed by atoms with Crippen molar-refractivity contribution in [2.24, 2.45) is 5.92 Å². The van der Waals surface area contributed by atoms with Crippen molar-refractivity contribution in [1.29, 1.82) is 0 Å².